The van der Waals surface area contributed by atoms with Gasteiger partial charge in [0.25, 0.3) is 5.56 Å². The van der Waals surface area contributed by atoms with Crippen molar-refractivity contribution in [2.24, 2.45) is 10.5 Å². The molecular formula is C15H23N5O4. The lowest BCUT2D eigenvalue weighted by Crippen LogP contribution is -2.56. The highest BCUT2D eigenvalue weighted by molar-refractivity contribution is 5.21. The molecule has 9 heteroatoms. The van der Waals surface area contributed by atoms with Crippen molar-refractivity contribution in [2.75, 3.05) is 6.61 Å². The van der Waals surface area contributed by atoms with Crippen LogP contribution >= 0.6 is 0 Å². The van der Waals surface area contributed by atoms with Crippen molar-refractivity contribution in [3.05, 3.63) is 43.0 Å². The van der Waals surface area contributed by atoms with Crippen LogP contribution in [0.3, 0.4) is 0 Å². The third-order valence-electron chi connectivity index (χ3n) is 5.96. The summed E-state index contributed by atoms with van der Waals surface area (Å²) in [7, 11) is 0. The van der Waals surface area contributed by atoms with E-state index in [1.807, 2.05) is 0 Å². The summed E-state index contributed by atoms with van der Waals surface area (Å²) < 4.78 is 7.44. The van der Waals surface area contributed by atoms with E-state index in [-0.39, 0.29) is 0 Å². The van der Waals surface area contributed by atoms with E-state index in [9.17, 15) is 14.7 Å². The summed E-state index contributed by atoms with van der Waals surface area (Å²) in [5.41, 5.74) is 3.74. The molecule has 132 valence electrons. The molecule has 0 bridgehead atoms. The molecule has 2 N–H and O–H groups in total. The minimum atomic E-state index is -1.26. The maximum Gasteiger partial charge on any atom is 0.330 e. The van der Waals surface area contributed by atoms with Gasteiger partial charge < -0.3 is 9.84 Å². The topological polar surface area (TPSA) is 133 Å². The van der Waals surface area contributed by atoms with E-state index in [1.54, 1.807) is 41.5 Å². The number of H-pyrrole nitrogens is 1. The number of aromatic amines is 1. The average molecular weight is 337 g/mol. The molecule has 0 spiro atoms. The molecule has 1 saturated heterocycles. The predicted octanol–water partition coefficient (Wildman–Crippen LogP) is 1.39. The van der Waals surface area contributed by atoms with Crippen LogP contribution in [0.15, 0.2) is 20.9 Å². The van der Waals surface area contributed by atoms with Crippen LogP contribution in [0.1, 0.15) is 40.2 Å². The predicted molar refractivity (Wildman–Crippen MR) is 87.6 cm³/mol. The van der Waals surface area contributed by atoms with Gasteiger partial charge in [0.05, 0.1) is 12.1 Å². The zero-order valence-corrected chi connectivity index (χ0v) is 14.7. The van der Waals surface area contributed by atoms with Gasteiger partial charge in [-0.05, 0) is 26.3 Å². The van der Waals surface area contributed by atoms with Gasteiger partial charge in [-0.2, -0.15) is 0 Å². The Morgan fingerprint density at radius 1 is 1.33 bits per heavy atom. The van der Waals surface area contributed by atoms with Gasteiger partial charge in [0.1, 0.15) is 5.60 Å². The summed E-state index contributed by atoms with van der Waals surface area (Å²) in [5, 5.41) is 13.8. The first-order valence-corrected chi connectivity index (χ1v) is 7.60. The molecule has 0 aliphatic carbocycles. The maximum absolute atomic E-state index is 12.4. The van der Waals surface area contributed by atoms with Crippen molar-refractivity contribution < 1.29 is 9.84 Å². The highest BCUT2D eigenvalue weighted by atomic mass is 16.6. The van der Waals surface area contributed by atoms with Gasteiger partial charge >= 0.3 is 5.69 Å². The van der Waals surface area contributed by atoms with Crippen LogP contribution in [0.2, 0.25) is 0 Å². The first kappa shape index (κ1) is 18.3. The van der Waals surface area contributed by atoms with Crippen molar-refractivity contribution in [1.82, 2.24) is 9.55 Å². The SMILES string of the molecule is Cc1cn(C2(C)OC(C)(CO)C(C)(N=[N+]=[N-])C2(C)C)c(=O)[nH]c1=O. The fourth-order valence-corrected chi connectivity index (χ4v) is 3.52. The van der Waals surface area contributed by atoms with E-state index >= 15 is 0 Å². The molecule has 9 nitrogen and oxygen atoms in total. The van der Waals surface area contributed by atoms with Crippen LogP contribution in [-0.2, 0) is 10.5 Å². The molecule has 1 fully saturated rings. The van der Waals surface area contributed by atoms with Gasteiger partial charge in [0.2, 0.25) is 0 Å². The van der Waals surface area contributed by atoms with E-state index in [0.29, 0.717) is 5.56 Å². The van der Waals surface area contributed by atoms with Gasteiger partial charge in [-0.15, -0.1) is 0 Å². The Hall–Kier alpha value is -2.09. The van der Waals surface area contributed by atoms with Crippen molar-refractivity contribution in [1.29, 1.82) is 0 Å². The summed E-state index contributed by atoms with van der Waals surface area (Å²) in [6.45, 7) is 9.79. The molecule has 0 saturated carbocycles. The number of rotatable bonds is 3. The second-order valence-electron chi connectivity index (χ2n) is 7.30. The second-order valence-corrected chi connectivity index (χ2v) is 7.30. The minimum Gasteiger partial charge on any atom is -0.393 e. The van der Waals surface area contributed by atoms with Gasteiger partial charge in [-0.1, -0.05) is 25.9 Å². The van der Waals surface area contributed by atoms with Crippen LogP contribution < -0.4 is 11.2 Å². The fourth-order valence-electron chi connectivity index (χ4n) is 3.52. The van der Waals surface area contributed by atoms with Crippen LogP contribution in [-0.4, -0.2) is 32.4 Å². The molecule has 3 atom stereocenters. The number of nitrogens with zero attached hydrogens (tertiary/aromatic N) is 4. The Morgan fingerprint density at radius 2 is 1.92 bits per heavy atom. The molecule has 0 aromatic carbocycles. The van der Waals surface area contributed by atoms with E-state index in [0.717, 1.165) is 0 Å². The van der Waals surface area contributed by atoms with Crippen molar-refractivity contribution >= 4 is 0 Å². The first-order valence-electron chi connectivity index (χ1n) is 7.60. The van der Waals surface area contributed by atoms with Gasteiger partial charge in [0, 0.05) is 22.1 Å². The lowest BCUT2D eigenvalue weighted by molar-refractivity contribution is -0.174. The van der Waals surface area contributed by atoms with Crippen molar-refractivity contribution in [3.8, 4) is 0 Å². The zero-order valence-electron chi connectivity index (χ0n) is 14.7. The monoisotopic (exact) mass is 337 g/mol. The number of aromatic nitrogens is 2. The highest BCUT2D eigenvalue weighted by Gasteiger charge is 2.71. The van der Waals surface area contributed by atoms with E-state index in [4.69, 9.17) is 10.3 Å². The Labute approximate surface area is 138 Å². The molecular weight excluding hydrogens is 314 g/mol. The van der Waals surface area contributed by atoms with Crippen LogP contribution in [0.5, 0.6) is 0 Å². The summed E-state index contributed by atoms with van der Waals surface area (Å²) in [6, 6.07) is 0. The number of hydrogen-bond donors (Lipinski definition) is 2. The molecule has 1 aliphatic rings. The molecule has 1 aromatic heterocycles. The highest BCUT2D eigenvalue weighted by Crippen LogP contribution is 2.61. The molecule has 0 radical (unpaired) electrons. The summed E-state index contributed by atoms with van der Waals surface area (Å²) >= 11 is 0. The first-order chi connectivity index (χ1) is 10.9. The molecule has 2 heterocycles. The fraction of sp³-hybridized carbons (Fsp3) is 0.733. The van der Waals surface area contributed by atoms with E-state index in [2.05, 4.69) is 15.0 Å². The number of aliphatic hydroxyl groups is 1. The molecule has 24 heavy (non-hydrogen) atoms. The average Bonchev–Trinajstić information content (AvgIpc) is 2.60. The zero-order chi connectivity index (χ0) is 18.6. The summed E-state index contributed by atoms with van der Waals surface area (Å²) in [4.78, 5) is 29.3. The smallest absolute Gasteiger partial charge is 0.330 e. The normalized spacial score (nSPS) is 34.8. The Morgan fingerprint density at radius 3 is 2.42 bits per heavy atom. The maximum atomic E-state index is 12.4. The molecule has 1 aromatic rings. The Kier molecular flexibility index (Phi) is 3.96. The third kappa shape index (κ3) is 1.98. The lowest BCUT2D eigenvalue weighted by atomic mass is 9.63. The van der Waals surface area contributed by atoms with E-state index < -0.39 is 40.1 Å². The van der Waals surface area contributed by atoms with Crippen LogP contribution in [0, 0.1) is 12.3 Å². The Balaban J connectivity index is 2.85. The number of hydrogen-bond acceptors (Lipinski definition) is 5. The standard InChI is InChI=1S/C15H23N5O4/c1-9-7-20(11(23)17-10(9)22)15(6)12(2,3)14(5,18-19-16)13(4,8-21)24-15/h7,21H,8H2,1-6H3,(H,17,22,23). The number of nitrogens with one attached hydrogen (secondary N) is 1. The number of aliphatic hydroxyl groups excluding tert-OH is 1. The van der Waals surface area contributed by atoms with Crippen molar-refractivity contribution in [3.63, 3.8) is 0 Å². The van der Waals surface area contributed by atoms with Gasteiger partial charge in [-0.25, -0.2) is 4.79 Å². The Bertz CT molecular complexity index is 837. The number of aryl methyl sites for hydroxylation is 1. The molecule has 0 amide bonds. The number of azide groups is 1. The molecule has 1 aliphatic heterocycles. The van der Waals surface area contributed by atoms with Crippen molar-refractivity contribution in [2.45, 2.75) is 58.4 Å². The van der Waals surface area contributed by atoms with Gasteiger partial charge in [-0.3, -0.25) is 14.3 Å². The molecule has 2 rings (SSSR count). The van der Waals surface area contributed by atoms with Crippen LogP contribution in [0.25, 0.3) is 10.4 Å². The number of ether oxygens (including phenoxy) is 1. The molecule has 3 unspecified atom stereocenters. The lowest BCUT2D eigenvalue weighted by Gasteiger charge is -2.44. The second kappa shape index (κ2) is 5.20. The summed E-state index contributed by atoms with van der Waals surface area (Å²) in [6.07, 6.45) is 1.42. The quantitative estimate of drug-likeness (QED) is 0.490. The van der Waals surface area contributed by atoms with Gasteiger partial charge in [0.15, 0.2) is 5.72 Å². The minimum absolute atomic E-state index is 0.346. The van der Waals surface area contributed by atoms with Crippen LogP contribution in [0.4, 0.5) is 0 Å². The largest absolute Gasteiger partial charge is 0.393 e. The summed E-state index contributed by atoms with van der Waals surface area (Å²) in [5.74, 6) is 0. The third-order valence-corrected chi connectivity index (χ3v) is 5.96. The van der Waals surface area contributed by atoms with E-state index in [1.165, 1.54) is 10.8 Å².